The molecule has 1 aromatic carbocycles. The molecule has 0 bridgehead atoms. The van der Waals surface area contributed by atoms with Crippen molar-refractivity contribution in [1.82, 2.24) is 20.5 Å². The standard InChI is InChI=1S/C21H31N5S.HI/c1-5-22-21(24-13-20-16(3)25-17(4)27-20)23-12-15(2)26-11-10-18-8-6-7-9-19(18)14-26;/h6-9,15H,5,10-14H2,1-4H3,(H2,22,23,24);1H. The zero-order chi connectivity index (χ0) is 19.2. The van der Waals surface area contributed by atoms with Gasteiger partial charge in [0.25, 0.3) is 0 Å². The molecule has 2 N–H and O–H groups in total. The zero-order valence-electron chi connectivity index (χ0n) is 17.3. The molecule has 0 saturated carbocycles. The number of benzene rings is 1. The summed E-state index contributed by atoms with van der Waals surface area (Å²) in [5, 5.41) is 7.98. The maximum atomic E-state index is 4.76. The van der Waals surface area contributed by atoms with Gasteiger partial charge in [0, 0.05) is 37.1 Å². The van der Waals surface area contributed by atoms with Gasteiger partial charge in [-0.25, -0.2) is 9.98 Å². The van der Waals surface area contributed by atoms with E-state index in [0.717, 1.165) is 49.3 Å². The number of hydrogen-bond acceptors (Lipinski definition) is 4. The van der Waals surface area contributed by atoms with E-state index in [9.17, 15) is 0 Å². The highest BCUT2D eigenvalue weighted by molar-refractivity contribution is 14.0. The number of fused-ring (bicyclic) bond motifs is 1. The van der Waals surface area contributed by atoms with E-state index in [-0.39, 0.29) is 24.0 Å². The average molecular weight is 513 g/mol. The lowest BCUT2D eigenvalue weighted by molar-refractivity contribution is 0.191. The molecule has 0 saturated heterocycles. The van der Waals surface area contributed by atoms with Gasteiger partial charge in [0.05, 0.1) is 17.2 Å². The highest BCUT2D eigenvalue weighted by atomic mass is 127. The van der Waals surface area contributed by atoms with Crippen LogP contribution in [0.2, 0.25) is 0 Å². The van der Waals surface area contributed by atoms with Crippen LogP contribution >= 0.6 is 35.3 Å². The second kappa shape index (κ2) is 11.1. The summed E-state index contributed by atoms with van der Waals surface area (Å²) in [5.41, 5.74) is 4.06. The largest absolute Gasteiger partial charge is 0.357 e. The molecule has 1 unspecified atom stereocenters. The van der Waals surface area contributed by atoms with Gasteiger partial charge in [-0.2, -0.15) is 0 Å². The highest BCUT2D eigenvalue weighted by Gasteiger charge is 2.20. The van der Waals surface area contributed by atoms with E-state index >= 15 is 0 Å². The van der Waals surface area contributed by atoms with Crippen LogP contribution in [0.3, 0.4) is 0 Å². The minimum Gasteiger partial charge on any atom is -0.357 e. The number of nitrogens with zero attached hydrogens (tertiary/aromatic N) is 3. The van der Waals surface area contributed by atoms with Crippen molar-refractivity contribution in [3.63, 3.8) is 0 Å². The molecular formula is C21H32IN5S. The van der Waals surface area contributed by atoms with Crippen LogP contribution in [0.15, 0.2) is 29.3 Å². The Bertz CT molecular complexity index is 789. The molecule has 0 amide bonds. The van der Waals surface area contributed by atoms with E-state index in [1.807, 2.05) is 6.92 Å². The van der Waals surface area contributed by atoms with Gasteiger partial charge in [-0.05, 0) is 45.2 Å². The first-order chi connectivity index (χ1) is 13.1. The fraction of sp³-hybridized carbons (Fsp3) is 0.524. The second-order valence-electron chi connectivity index (χ2n) is 7.16. The van der Waals surface area contributed by atoms with E-state index in [4.69, 9.17) is 4.99 Å². The van der Waals surface area contributed by atoms with E-state index in [1.165, 1.54) is 16.0 Å². The molecule has 0 aliphatic carbocycles. The lowest BCUT2D eigenvalue weighted by Gasteiger charge is -2.34. The smallest absolute Gasteiger partial charge is 0.191 e. The predicted octanol–water partition coefficient (Wildman–Crippen LogP) is 3.88. The van der Waals surface area contributed by atoms with Crippen LogP contribution in [-0.2, 0) is 19.5 Å². The van der Waals surface area contributed by atoms with Gasteiger partial charge in [-0.1, -0.05) is 24.3 Å². The number of aliphatic imine (C=N–C) groups is 1. The fourth-order valence-corrected chi connectivity index (χ4v) is 4.34. The molecule has 7 heteroatoms. The van der Waals surface area contributed by atoms with Gasteiger partial charge in [-0.15, -0.1) is 35.3 Å². The van der Waals surface area contributed by atoms with E-state index in [1.54, 1.807) is 11.3 Å². The molecule has 5 nitrogen and oxygen atoms in total. The number of nitrogens with one attached hydrogen (secondary N) is 2. The van der Waals surface area contributed by atoms with Crippen molar-refractivity contribution in [2.24, 2.45) is 4.99 Å². The minimum atomic E-state index is 0. The van der Waals surface area contributed by atoms with Crippen molar-refractivity contribution in [2.75, 3.05) is 19.6 Å². The van der Waals surface area contributed by atoms with Crippen LogP contribution in [0.4, 0.5) is 0 Å². The molecule has 1 atom stereocenters. The Kier molecular flexibility index (Phi) is 9.17. The first-order valence-corrected chi connectivity index (χ1v) is 10.6. The molecule has 1 aliphatic heterocycles. The molecular weight excluding hydrogens is 481 g/mol. The van der Waals surface area contributed by atoms with Gasteiger partial charge in [0.1, 0.15) is 0 Å². The third kappa shape index (κ3) is 6.15. The molecule has 3 rings (SSSR count). The molecule has 0 fully saturated rings. The molecule has 154 valence electrons. The minimum absolute atomic E-state index is 0. The van der Waals surface area contributed by atoms with Crippen LogP contribution in [0.1, 0.15) is 40.6 Å². The van der Waals surface area contributed by atoms with Gasteiger partial charge >= 0.3 is 0 Å². The first kappa shape index (κ1) is 23.1. The Morgan fingerprint density at radius 2 is 2.00 bits per heavy atom. The Hall–Kier alpha value is -1.19. The molecule has 0 spiro atoms. The van der Waals surface area contributed by atoms with E-state index < -0.39 is 0 Å². The monoisotopic (exact) mass is 513 g/mol. The normalized spacial score (nSPS) is 15.5. The van der Waals surface area contributed by atoms with Crippen molar-refractivity contribution < 1.29 is 0 Å². The molecule has 2 aromatic rings. The van der Waals surface area contributed by atoms with Crippen molar-refractivity contribution >= 4 is 41.3 Å². The third-order valence-electron chi connectivity index (χ3n) is 5.07. The topological polar surface area (TPSA) is 52.6 Å². The van der Waals surface area contributed by atoms with Crippen molar-refractivity contribution in [3.8, 4) is 0 Å². The summed E-state index contributed by atoms with van der Waals surface area (Å²) < 4.78 is 0. The average Bonchev–Trinajstić information content (AvgIpc) is 3.00. The lowest BCUT2D eigenvalue weighted by Crippen LogP contribution is -2.47. The number of aromatic nitrogens is 1. The summed E-state index contributed by atoms with van der Waals surface area (Å²) in [6.45, 7) is 13.1. The summed E-state index contributed by atoms with van der Waals surface area (Å²) in [5.74, 6) is 0.882. The van der Waals surface area contributed by atoms with E-state index in [2.05, 4.69) is 65.6 Å². The van der Waals surface area contributed by atoms with Gasteiger partial charge in [0.2, 0.25) is 0 Å². The molecule has 2 heterocycles. The van der Waals surface area contributed by atoms with Crippen LogP contribution < -0.4 is 10.6 Å². The van der Waals surface area contributed by atoms with Crippen molar-refractivity contribution in [1.29, 1.82) is 0 Å². The molecule has 1 aromatic heterocycles. The Balaban J connectivity index is 0.00000280. The maximum absolute atomic E-state index is 4.76. The van der Waals surface area contributed by atoms with Crippen LogP contribution in [0.25, 0.3) is 0 Å². The van der Waals surface area contributed by atoms with E-state index in [0.29, 0.717) is 12.6 Å². The predicted molar refractivity (Wildman–Crippen MR) is 130 cm³/mol. The van der Waals surface area contributed by atoms with Crippen molar-refractivity contribution in [2.45, 2.75) is 53.2 Å². The van der Waals surface area contributed by atoms with Gasteiger partial charge < -0.3 is 10.6 Å². The SMILES string of the molecule is CCNC(=NCc1sc(C)nc1C)NCC(C)N1CCc2ccccc2C1.I. The van der Waals surface area contributed by atoms with Crippen LogP contribution in [0.5, 0.6) is 0 Å². The molecule has 28 heavy (non-hydrogen) atoms. The van der Waals surface area contributed by atoms with Crippen molar-refractivity contribution in [3.05, 3.63) is 51.0 Å². The Labute approximate surface area is 190 Å². The number of guanidine groups is 1. The summed E-state index contributed by atoms with van der Waals surface area (Å²) >= 11 is 1.73. The van der Waals surface area contributed by atoms with Crippen LogP contribution in [0, 0.1) is 13.8 Å². The number of halogens is 1. The van der Waals surface area contributed by atoms with Gasteiger partial charge in [0.15, 0.2) is 5.96 Å². The fourth-order valence-electron chi connectivity index (χ4n) is 3.48. The quantitative estimate of drug-likeness (QED) is 0.350. The summed E-state index contributed by atoms with van der Waals surface area (Å²) in [7, 11) is 0. The third-order valence-corrected chi connectivity index (χ3v) is 6.13. The van der Waals surface area contributed by atoms with Gasteiger partial charge in [-0.3, -0.25) is 4.90 Å². The zero-order valence-corrected chi connectivity index (χ0v) is 20.4. The second-order valence-corrected chi connectivity index (χ2v) is 8.44. The summed E-state index contributed by atoms with van der Waals surface area (Å²) in [6, 6.07) is 9.26. The highest BCUT2D eigenvalue weighted by Crippen LogP contribution is 2.20. The van der Waals surface area contributed by atoms with Crippen LogP contribution in [-0.4, -0.2) is 41.5 Å². The maximum Gasteiger partial charge on any atom is 0.191 e. The number of rotatable bonds is 6. The summed E-state index contributed by atoms with van der Waals surface area (Å²) in [6.07, 6.45) is 1.14. The Morgan fingerprint density at radius 3 is 2.68 bits per heavy atom. The Morgan fingerprint density at radius 1 is 1.25 bits per heavy atom. The number of hydrogen-bond donors (Lipinski definition) is 2. The number of aryl methyl sites for hydroxylation is 2. The number of thiazole rings is 1. The lowest BCUT2D eigenvalue weighted by atomic mass is 9.99. The molecule has 0 radical (unpaired) electrons. The molecule has 1 aliphatic rings. The first-order valence-electron chi connectivity index (χ1n) is 9.82. The summed E-state index contributed by atoms with van der Waals surface area (Å²) in [4.78, 5) is 13.0.